The van der Waals surface area contributed by atoms with Crippen molar-refractivity contribution in [1.29, 1.82) is 0 Å². The molecule has 0 spiro atoms. The van der Waals surface area contributed by atoms with Gasteiger partial charge in [0.05, 0.1) is 16.8 Å². The molecule has 1 saturated carbocycles. The summed E-state index contributed by atoms with van der Waals surface area (Å²) in [7, 11) is 0. The number of hydrogen-bond donors (Lipinski definition) is 0. The minimum Gasteiger partial charge on any atom is -0.378 e. The van der Waals surface area contributed by atoms with E-state index in [1.165, 1.54) is 0 Å². The second kappa shape index (κ2) is 6.18. The number of aromatic nitrogens is 2. The average Bonchev–Trinajstić information content (AvgIpc) is 2.68. The fraction of sp³-hybridized carbons (Fsp3) is 0.714. The predicted octanol–water partition coefficient (Wildman–Crippen LogP) is 3.61. The Kier molecular flexibility index (Phi) is 4.79. The van der Waals surface area contributed by atoms with Crippen molar-refractivity contribution >= 4 is 21.7 Å². The first-order valence-corrected chi connectivity index (χ1v) is 7.70. The maximum Gasteiger partial charge on any atom is 0.182 e. The van der Waals surface area contributed by atoms with E-state index in [9.17, 15) is 4.79 Å². The maximum absolute atomic E-state index is 12.4. The third-order valence-electron chi connectivity index (χ3n) is 3.57. The Bertz CT molecular complexity index is 450. The molecule has 0 aromatic carbocycles. The molecule has 106 valence electrons. The van der Waals surface area contributed by atoms with Crippen LogP contribution in [0.25, 0.3) is 0 Å². The summed E-state index contributed by atoms with van der Waals surface area (Å²) >= 11 is 3.42. The fourth-order valence-electron chi connectivity index (χ4n) is 2.57. The lowest BCUT2D eigenvalue weighted by molar-refractivity contribution is -0.0246. The Hall–Kier alpha value is -0.680. The van der Waals surface area contributed by atoms with E-state index in [2.05, 4.69) is 21.0 Å². The largest absolute Gasteiger partial charge is 0.378 e. The Morgan fingerprint density at radius 1 is 1.58 bits per heavy atom. The Morgan fingerprint density at radius 2 is 2.26 bits per heavy atom. The number of hydrogen-bond acceptors (Lipinski definition) is 3. The summed E-state index contributed by atoms with van der Waals surface area (Å²) in [5.41, 5.74) is 0.704. The lowest BCUT2D eigenvalue weighted by Crippen LogP contribution is -2.33. The van der Waals surface area contributed by atoms with Gasteiger partial charge in [-0.05, 0) is 55.5 Å². The first-order chi connectivity index (χ1) is 9.02. The van der Waals surface area contributed by atoms with Gasteiger partial charge in [0.2, 0.25) is 0 Å². The normalized spacial score (nSPS) is 22.6. The van der Waals surface area contributed by atoms with Crippen LogP contribution in [-0.2, 0) is 4.74 Å². The van der Waals surface area contributed by atoms with E-state index in [0.29, 0.717) is 24.1 Å². The van der Waals surface area contributed by atoms with Crippen LogP contribution in [0, 0.1) is 5.92 Å². The molecule has 1 aliphatic carbocycles. The zero-order valence-electron chi connectivity index (χ0n) is 11.7. The van der Waals surface area contributed by atoms with E-state index < -0.39 is 0 Å². The lowest BCUT2D eigenvalue weighted by Gasteiger charge is -2.34. The molecule has 0 atom stereocenters. The van der Waals surface area contributed by atoms with E-state index in [4.69, 9.17) is 4.74 Å². The van der Waals surface area contributed by atoms with Gasteiger partial charge in [0.25, 0.3) is 0 Å². The van der Waals surface area contributed by atoms with Crippen molar-refractivity contribution in [1.82, 2.24) is 9.78 Å². The molecule has 1 aromatic rings. The minimum absolute atomic E-state index is 0.179. The molecule has 0 saturated heterocycles. The maximum atomic E-state index is 12.4. The van der Waals surface area contributed by atoms with Crippen molar-refractivity contribution in [2.45, 2.75) is 52.2 Å². The molecule has 0 aliphatic heterocycles. The highest BCUT2D eigenvalue weighted by atomic mass is 79.9. The van der Waals surface area contributed by atoms with Gasteiger partial charge >= 0.3 is 0 Å². The van der Waals surface area contributed by atoms with Gasteiger partial charge in [-0.15, -0.1) is 0 Å². The van der Waals surface area contributed by atoms with Crippen LogP contribution in [-0.4, -0.2) is 28.3 Å². The van der Waals surface area contributed by atoms with Crippen LogP contribution in [0.4, 0.5) is 0 Å². The molecule has 4 nitrogen and oxygen atoms in total. The number of carbonyl (C=O) groups excluding carboxylic acids is 1. The first-order valence-electron chi connectivity index (χ1n) is 6.90. The number of nitrogens with zero attached hydrogens (tertiary/aromatic N) is 2. The van der Waals surface area contributed by atoms with Crippen LogP contribution in [0.2, 0.25) is 0 Å². The molecule has 19 heavy (non-hydrogen) atoms. The molecule has 1 fully saturated rings. The molecule has 1 heterocycles. The summed E-state index contributed by atoms with van der Waals surface area (Å²) in [4.78, 5) is 12.4. The number of rotatable bonds is 6. The lowest BCUT2D eigenvalue weighted by atomic mass is 9.78. The highest BCUT2D eigenvalue weighted by Crippen LogP contribution is 2.34. The zero-order chi connectivity index (χ0) is 14.0. The molecule has 1 aliphatic rings. The molecule has 5 heteroatoms. The van der Waals surface area contributed by atoms with Crippen molar-refractivity contribution < 1.29 is 9.53 Å². The first kappa shape index (κ1) is 14.7. The smallest absolute Gasteiger partial charge is 0.182 e. The van der Waals surface area contributed by atoms with Gasteiger partial charge in [-0.1, -0.05) is 0 Å². The van der Waals surface area contributed by atoms with E-state index in [-0.39, 0.29) is 11.8 Å². The number of ether oxygens (including phenoxy) is 1. The van der Waals surface area contributed by atoms with Crippen LogP contribution in [0.5, 0.6) is 0 Å². The number of carbonyl (C=O) groups is 1. The number of halogens is 1. The quantitative estimate of drug-likeness (QED) is 0.749. The van der Waals surface area contributed by atoms with Crippen molar-refractivity contribution in [3.8, 4) is 0 Å². The molecule has 0 unspecified atom stereocenters. The highest BCUT2D eigenvalue weighted by Gasteiger charge is 2.32. The molecule has 1 aromatic heterocycles. The van der Waals surface area contributed by atoms with Gasteiger partial charge in [-0.2, -0.15) is 5.10 Å². The summed E-state index contributed by atoms with van der Waals surface area (Å²) in [6.45, 7) is 6.84. The van der Waals surface area contributed by atoms with Gasteiger partial charge in [-0.3, -0.25) is 9.48 Å². The van der Waals surface area contributed by atoms with E-state index in [1.54, 1.807) is 10.9 Å². The van der Waals surface area contributed by atoms with E-state index in [0.717, 1.165) is 23.9 Å². The van der Waals surface area contributed by atoms with Gasteiger partial charge < -0.3 is 4.74 Å². The van der Waals surface area contributed by atoms with Crippen molar-refractivity contribution in [2.24, 2.45) is 5.92 Å². The molecular formula is C14H21BrN2O2. The third kappa shape index (κ3) is 3.26. The summed E-state index contributed by atoms with van der Waals surface area (Å²) < 4.78 is 8.12. The van der Waals surface area contributed by atoms with Crippen molar-refractivity contribution in [3.05, 3.63) is 16.4 Å². The van der Waals surface area contributed by atoms with Gasteiger partial charge in [0, 0.05) is 19.1 Å². The van der Waals surface area contributed by atoms with Crippen LogP contribution in [0.3, 0.4) is 0 Å². The third-order valence-corrected chi connectivity index (χ3v) is 4.15. The Labute approximate surface area is 122 Å². The minimum atomic E-state index is 0.179. The monoisotopic (exact) mass is 328 g/mol. The number of ketones is 1. The molecule has 2 rings (SSSR count). The summed E-state index contributed by atoms with van der Waals surface area (Å²) in [6, 6.07) is 0.197. The van der Waals surface area contributed by atoms with Crippen LogP contribution in [0.15, 0.2) is 10.7 Å². The van der Waals surface area contributed by atoms with Gasteiger partial charge in [0.1, 0.15) is 5.69 Å². The summed E-state index contributed by atoms with van der Waals surface area (Å²) in [6.07, 6.45) is 4.68. The van der Waals surface area contributed by atoms with Gasteiger partial charge in [0.15, 0.2) is 5.78 Å². The summed E-state index contributed by atoms with van der Waals surface area (Å²) in [5.74, 6) is 0.643. The second-order valence-corrected chi connectivity index (χ2v) is 6.28. The Balaban J connectivity index is 1.96. The van der Waals surface area contributed by atoms with Crippen LogP contribution in [0.1, 0.15) is 56.6 Å². The van der Waals surface area contributed by atoms with E-state index in [1.807, 2.05) is 20.8 Å². The van der Waals surface area contributed by atoms with Crippen LogP contribution < -0.4 is 0 Å². The standard InChI is InChI=1S/C14H21BrN2O2/c1-4-19-11-5-10(6-11)7-13(18)14-12(15)8-16-17(14)9(2)3/h8-11H,4-7H2,1-3H3. The summed E-state index contributed by atoms with van der Waals surface area (Å²) in [5, 5.41) is 4.26. The molecule has 0 N–H and O–H groups in total. The van der Waals surface area contributed by atoms with E-state index >= 15 is 0 Å². The fourth-order valence-corrected chi connectivity index (χ4v) is 3.06. The molecule has 0 amide bonds. The zero-order valence-corrected chi connectivity index (χ0v) is 13.3. The second-order valence-electron chi connectivity index (χ2n) is 5.42. The predicted molar refractivity (Wildman–Crippen MR) is 77.4 cm³/mol. The van der Waals surface area contributed by atoms with Gasteiger partial charge in [-0.25, -0.2) is 0 Å². The van der Waals surface area contributed by atoms with Crippen molar-refractivity contribution in [3.63, 3.8) is 0 Å². The SMILES string of the molecule is CCOC1CC(CC(=O)c2c(Br)cnn2C(C)C)C1. The molecular weight excluding hydrogens is 308 g/mol. The average molecular weight is 329 g/mol. The molecule has 0 bridgehead atoms. The Morgan fingerprint density at radius 3 is 2.84 bits per heavy atom. The molecule has 0 radical (unpaired) electrons. The highest BCUT2D eigenvalue weighted by molar-refractivity contribution is 9.10. The number of Topliss-reactive ketones (excluding diaryl/α,β-unsaturated/α-hetero) is 1. The van der Waals surface area contributed by atoms with Crippen molar-refractivity contribution in [2.75, 3.05) is 6.61 Å². The van der Waals surface area contributed by atoms with Crippen LogP contribution >= 0.6 is 15.9 Å². The topological polar surface area (TPSA) is 44.1 Å².